The molecule has 0 spiro atoms. The highest BCUT2D eigenvalue weighted by Crippen LogP contribution is 2.26. The normalized spacial score (nSPS) is 15.9. The van der Waals surface area contributed by atoms with E-state index in [2.05, 4.69) is 12.2 Å². The van der Waals surface area contributed by atoms with E-state index < -0.39 is 10.0 Å². The molecule has 0 unspecified atom stereocenters. The maximum Gasteiger partial charge on any atom is 0.252 e. The van der Waals surface area contributed by atoms with Gasteiger partial charge in [0.15, 0.2) is 0 Å². The Morgan fingerprint density at radius 3 is 2.52 bits per heavy atom. The van der Waals surface area contributed by atoms with Gasteiger partial charge in [-0.3, -0.25) is 4.79 Å². The smallest absolute Gasteiger partial charge is 0.252 e. The summed E-state index contributed by atoms with van der Waals surface area (Å²) in [6.45, 7) is 3.64. The van der Waals surface area contributed by atoms with Crippen molar-refractivity contribution in [3.05, 3.63) is 64.7 Å². The molecule has 0 bridgehead atoms. The Bertz CT molecular complexity index is 940. The summed E-state index contributed by atoms with van der Waals surface area (Å²) in [5.74, 6) is 0.177. The first-order chi connectivity index (χ1) is 13.9. The van der Waals surface area contributed by atoms with Gasteiger partial charge in [-0.1, -0.05) is 48.9 Å². The first kappa shape index (κ1) is 21.8. The Balaban J connectivity index is 1.64. The molecule has 0 aliphatic carbocycles. The average Bonchev–Trinajstić information content (AvgIpc) is 2.72. The summed E-state index contributed by atoms with van der Waals surface area (Å²) >= 11 is 6.19. The van der Waals surface area contributed by atoms with Gasteiger partial charge in [-0.15, -0.1) is 0 Å². The molecule has 2 aromatic carbocycles. The SMILES string of the molecule is CC1CCN(S(=O)(=O)c2ccc(Cl)c(C(=O)NCCCc3ccccc3)c2)CC1. The predicted octanol–water partition coefficient (Wildman–Crippen LogP) is 4.12. The van der Waals surface area contributed by atoms with Gasteiger partial charge in [0.1, 0.15) is 0 Å². The van der Waals surface area contributed by atoms with Crippen molar-refractivity contribution >= 4 is 27.5 Å². The molecule has 0 saturated carbocycles. The van der Waals surface area contributed by atoms with Crippen LogP contribution in [0.3, 0.4) is 0 Å². The van der Waals surface area contributed by atoms with Crippen LogP contribution in [0.1, 0.15) is 42.1 Å². The van der Waals surface area contributed by atoms with Crippen LogP contribution >= 0.6 is 11.6 Å². The highest BCUT2D eigenvalue weighted by Gasteiger charge is 2.29. The van der Waals surface area contributed by atoms with E-state index in [1.807, 2.05) is 30.3 Å². The lowest BCUT2D eigenvalue weighted by atomic mass is 10.0. The Hall–Kier alpha value is -1.89. The van der Waals surface area contributed by atoms with Crippen LogP contribution in [0.5, 0.6) is 0 Å². The van der Waals surface area contributed by atoms with E-state index in [1.165, 1.54) is 28.1 Å². The van der Waals surface area contributed by atoms with Crippen molar-refractivity contribution in [1.82, 2.24) is 9.62 Å². The van der Waals surface area contributed by atoms with Crippen LogP contribution in [0.15, 0.2) is 53.4 Å². The van der Waals surface area contributed by atoms with Crippen LogP contribution < -0.4 is 5.32 Å². The number of carbonyl (C=O) groups excluding carboxylic acids is 1. The maximum absolute atomic E-state index is 12.9. The number of carbonyl (C=O) groups is 1. The van der Waals surface area contributed by atoms with E-state index >= 15 is 0 Å². The second kappa shape index (κ2) is 9.74. The van der Waals surface area contributed by atoms with Crippen LogP contribution in [0, 0.1) is 5.92 Å². The van der Waals surface area contributed by atoms with Gasteiger partial charge in [0.25, 0.3) is 5.91 Å². The fraction of sp³-hybridized carbons (Fsp3) is 0.409. The molecule has 1 aliphatic rings. The van der Waals surface area contributed by atoms with Crippen LogP contribution in [-0.2, 0) is 16.4 Å². The van der Waals surface area contributed by atoms with Gasteiger partial charge in [0, 0.05) is 19.6 Å². The van der Waals surface area contributed by atoms with Crippen LogP contribution in [0.4, 0.5) is 0 Å². The summed E-state index contributed by atoms with van der Waals surface area (Å²) in [6.07, 6.45) is 3.34. The summed E-state index contributed by atoms with van der Waals surface area (Å²) in [6, 6.07) is 14.4. The number of rotatable bonds is 7. The fourth-order valence-corrected chi connectivity index (χ4v) is 5.15. The van der Waals surface area contributed by atoms with Gasteiger partial charge in [0.05, 0.1) is 15.5 Å². The van der Waals surface area contributed by atoms with Gasteiger partial charge in [-0.25, -0.2) is 8.42 Å². The van der Waals surface area contributed by atoms with Crippen molar-refractivity contribution in [2.24, 2.45) is 5.92 Å². The Morgan fingerprint density at radius 1 is 1.14 bits per heavy atom. The first-order valence-electron chi connectivity index (χ1n) is 10.00. The third-order valence-electron chi connectivity index (χ3n) is 5.33. The number of aryl methyl sites for hydroxylation is 1. The Kier molecular flexibility index (Phi) is 7.33. The first-order valence-corrected chi connectivity index (χ1v) is 11.8. The molecular weight excluding hydrogens is 408 g/mol. The number of hydrogen-bond donors (Lipinski definition) is 1. The molecule has 1 aliphatic heterocycles. The van der Waals surface area contributed by atoms with E-state index in [0.29, 0.717) is 25.6 Å². The number of hydrogen-bond acceptors (Lipinski definition) is 3. The number of sulfonamides is 1. The van der Waals surface area contributed by atoms with Crippen LogP contribution in [0.2, 0.25) is 5.02 Å². The lowest BCUT2D eigenvalue weighted by molar-refractivity contribution is 0.0953. The summed E-state index contributed by atoms with van der Waals surface area (Å²) in [5.41, 5.74) is 1.40. The molecular formula is C22H27ClN2O3S. The Labute approximate surface area is 178 Å². The van der Waals surface area contributed by atoms with Crippen LogP contribution in [0.25, 0.3) is 0 Å². The molecule has 0 aromatic heterocycles. The molecule has 29 heavy (non-hydrogen) atoms. The highest BCUT2D eigenvalue weighted by molar-refractivity contribution is 7.89. The van der Waals surface area contributed by atoms with E-state index in [-0.39, 0.29) is 21.4 Å². The van der Waals surface area contributed by atoms with Crippen molar-refractivity contribution in [3.63, 3.8) is 0 Å². The third-order valence-corrected chi connectivity index (χ3v) is 7.56. The van der Waals surface area contributed by atoms with Gasteiger partial charge in [0.2, 0.25) is 10.0 Å². The van der Waals surface area contributed by atoms with Gasteiger partial charge >= 0.3 is 0 Å². The van der Waals surface area contributed by atoms with Crippen molar-refractivity contribution in [2.75, 3.05) is 19.6 Å². The third kappa shape index (κ3) is 5.59. The van der Waals surface area contributed by atoms with Crippen molar-refractivity contribution in [1.29, 1.82) is 0 Å². The standard InChI is InChI=1S/C22H27ClN2O3S/c1-17-11-14-25(15-12-17)29(27,28)19-9-10-21(23)20(16-19)22(26)24-13-5-8-18-6-3-2-4-7-18/h2-4,6-7,9-10,16-17H,5,8,11-15H2,1H3,(H,24,26). The molecule has 1 saturated heterocycles. The summed E-state index contributed by atoms with van der Waals surface area (Å²) < 4.78 is 27.4. The number of nitrogens with zero attached hydrogens (tertiary/aromatic N) is 1. The minimum absolute atomic E-state index is 0.117. The van der Waals surface area contributed by atoms with E-state index in [1.54, 1.807) is 0 Å². The monoisotopic (exact) mass is 434 g/mol. The number of amides is 1. The molecule has 7 heteroatoms. The summed E-state index contributed by atoms with van der Waals surface area (Å²) in [7, 11) is -3.62. The predicted molar refractivity (Wildman–Crippen MR) is 116 cm³/mol. The lowest BCUT2D eigenvalue weighted by Gasteiger charge is -2.29. The zero-order valence-corrected chi connectivity index (χ0v) is 18.2. The minimum atomic E-state index is -3.62. The number of nitrogens with one attached hydrogen (secondary N) is 1. The topological polar surface area (TPSA) is 66.5 Å². The van der Waals surface area contributed by atoms with Crippen LogP contribution in [-0.4, -0.2) is 38.3 Å². The second-order valence-electron chi connectivity index (χ2n) is 7.57. The fourth-order valence-electron chi connectivity index (χ4n) is 3.45. The molecule has 156 valence electrons. The average molecular weight is 435 g/mol. The quantitative estimate of drug-likeness (QED) is 0.666. The van der Waals surface area contributed by atoms with Gasteiger partial charge in [-0.05, 0) is 55.4 Å². The zero-order chi connectivity index (χ0) is 20.9. The molecule has 3 rings (SSSR count). The maximum atomic E-state index is 12.9. The van der Waals surface area contributed by atoms with Gasteiger partial charge < -0.3 is 5.32 Å². The van der Waals surface area contributed by atoms with E-state index in [0.717, 1.165) is 25.7 Å². The van der Waals surface area contributed by atoms with E-state index in [9.17, 15) is 13.2 Å². The zero-order valence-electron chi connectivity index (χ0n) is 16.6. The number of halogens is 1. The van der Waals surface area contributed by atoms with Crippen molar-refractivity contribution in [2.45, 2.75) is 37.5 Å². The Morgan fingerprint density at radius 2 is 1.83 bits per heavy atom. The number of piperidine rings is 1. The molecule has 5 nitrogen and oxygen atoms in total. The molecule has 0 atom stereocenters. The molecule has 1 heterocycles. The summed E-state index contributed by atoms with van der Waals surface area (Å²) in [5, 5.41) is 3.09. The largest absolute Gasteiger partial charge is 0.352 e. The molecule has 1 fully saturated rings. The molecule has 2 aromatic rings. The van der Waals surface area contributed by atoms with Crippen molar-refractivity contribution < 1.29 is 13.2 Å². The van der Waals surface area contributed by atoms with Crippen molar-refractivity contribution in [3.8, 4) is 0 Å². The molecule has 0 radical (unpaired) electrons. The lowest BCUT2D eigenvalue weighted by Crippen LogP contribution is -2.38. The molecule has 1 amide bonds. The molecule has 1 N–H and O–H groups in total. The summed E-state index contributed by atoms with van der Waals surface area (Å²) in [4.78, 5) is 12.7. The van der Waals surface area contributed by atoms with Gasteiger partial charge in [-0.2, -0.15) is 4.31 Å². The second-order valence-corrected chi connectivity index (χ2v) is 9.92. The number of benzene rings is 2. The minimum Gasteiger partial charge on any atom is -0.352 e. The van der Waals surface area contributed by atoms with E-state index in [4.69, 9.17) is 11.6 Å². The highest BCUT2D eigenvalue weighted by atomic mass is 35.5.